The van der Waals surface area contributed by atoms with Crippen molar-refractivity contribution in [1.82, 2.24) is 0 Å². The first-order chi connectivity index (χ1) is 13.3. The number of rotatable bonds is 5. The molecule has 1 saturated carbocycles. The maximum atomic E-state index is 13.6. The van der Waals surface area contributed by atoms with Gasteiger partial charge in [0.25, 0.3) is 0 Å². The van der Waals surface area contributed by atoms with Gasteiger partial charge in [0.15, 0.2) is 14.6 Å². The normalized spacial score (nSPS) is 15.8. The van der Waals surface area contributed by atoms with Crippen LogP contribution in [-0.4, -0.2) is 19.1 Å². The Balaban J connectivity index is 1.94. The van der Waals surface area contributed by atoms with Gasteiger partial charge in [-0.2, -0.15) is 5.26 Å². The van der Waals surface area contributed by atoms with Gasteiger partial charge < -0.3 is 4.74 Å². The molecule has 2 aromatic carbocycles. The van der Waals surface area contributed by atoms with Gasteiger partial charge in [0, 0.05) is 5.56 Å². The minimum absolute atomic E-state index is 0.118. The number of benzene rings is 2. The maximum Gasteiger partial charge on any atom is 0.328 e. The number of nitriles is 1. The van der Waals surface area contributed by atoms with Crippen LogP contribution in [0.5, 0.6) is 0 Å². The molecule has 0 heterocycles. The van der Waals surface area contributed by atoms with Gasteiger partial charge in [0.1, 0.15) is 6.61 Å². The van der Waals surface area contributed by atoms with Crippen LogP contribution >= 0.6 is 0 Å². The van der Waals surface area contributed by atoms with Gasteiger partial charge in [-0.05, 0) is 49.9 Å². The Bertz CT molecular complexity index is 1040. The lowest BCUT2D eigenvalue weighted by Gasteiger charge is -2.27. The van der Waals surface area contributed by atoms with Gasteiger partial charge in [0.05, 0.1) is 16.5 Å². The zero-order valence-corrected chi connectivity index (χ0v) is 16.9. The standard InChI is InChI=1S/C22H23NO4S/c1-16-9-10-17(2)20(13-16)28(25,26)22(11-5-6-12-22)21(24)27-15-19-8-4-3-7-18(19)14-23/h3-4,7-10,13H,5-6,11-12,15H2,1-2H3. The number of hydrogen-bond donors (Lipinski definition) is 0. The van der Waals surface area contributed by atoms with Crippen molar-refractivity contribution in [3.05, 3.63) is 64.7 Å². The summed E-state index contributed by atoms with van der Waals surface area (Å²) in [5.74, 6) is -0.723. The lowest BCUT2D eigenvalue weighted by Crippen LogP contribution is -2.45. The molecule has 6 heteroatoms. The van der Waals surface area contributed by atoms with Gasteiger partial charge in [-0.1, -0.05) is 43.2 Å². The molecule has 146 valence electrons. The Morgan fingerprint density at radius 2 is 1.82 bits per heavy atom. The molecule has 28 heavy (non-hydrogen) atoms. The third-order valence-corrected chi connectivity index (χ3v) is 8.05. The van der Waals surface area contributed by atoms with Gasteiger partial charge in [0.2, 0.25) is 0 Å². The summed E-state index contributed by atoms with van der Waals surface area (Å²) in [5.41, 5.74) is 2.43. The van der Waals surface area contributed by atoms with Crippen LogP contribution < -0.4 is 0 Å². The molecular weight excluding hydrogens is 374 g/mol. The maximum absolute atomic E-state index is 13.6. The van der Waals surface area contributed by atoms with Crippen molar-refractivity contribution in [2.24, 2.45) is 0 Å². The van der Waals surface area contributed by atoms with E-state index in [2.05, 4.69) is 6.07 Å². The Kier molecular flexibility index (Phi) is 5.57. The van der Waals surface area contributed by atoms with E-state index in [0.29, 0.717) is 29.5 Å². The van der Waals surface area contributed by atoms with E-state index in [1.54, 1.807) is 43.3 Å². The molecule has 0 spiro atoms. The van der Waals surface area contributed by atoms with Crippen LogP contribution in [0.25, 0.3) is 0 Å². The number of sulfone groups is 1. The second-order valence-electron chi connectivity index (χ2n) is 7.32. The fourth-order valence-electron chi connectivity index (χ4n) is 3.77. The zero-order chi connectivity index (χ0) is 20.4. The summed E-state index contributed by atoms with van der Waals surface area (Å²) in [6.07, 6.45) is 1.82. The molecule has 1 aliphatic carbocycles. The molecule has 0 amide bonds. The second kappa shape index (κ2) is 7.76. The van der Waals surface area contributed by atoms with Crippen LogP contribution in [0.4, 0.5) is 0 Å². The number of hydrogen-bond acceptors (Lipinski definition) is 5. The molecule has 5 nitrogen and oxygen atoms in total. The Morgan fingerprint density at radius 3 is 2.50 bits per heavy atom. The number of nitrogens with zero attached hydrogens (tertiary/aromatic N) is 1. The van der Waals surface area contributed by atoms with Crippen LogP contribution in [-0.2, 0) is 26.0 Å². The van der Waals surface area contributed by atoms with E-state index >= 15 is 0 Å². The number of ether oxygens (including phenoxy) is 1. The average molecular weight is 397 g/mol. The first kappa shape index (κ1) is 20.1. The molecule has 1 aliphatic rings. The van der Waals surface area contributed by atoms with Crippen LogP contribution in [0, 0.1) is 25.2 Å². The van der Waals surface area contributed by atoms with Crippen LogP contribution in [0.15, 0.2) is 47.4 Å². The number of carbonyl (C=O) groups is 1. The fourth-order valence-corrected chi connectivity index (χ4v) is 6.12. The molecule has 0 N–H and O–H groups in total. The molecule has 2 aromatic rings. The Morgan fingerprint density at radius 1 is 1.14 bits per heavy atom. The molecule has 0 bridgehead atoms. The van der Waals surface area contributed by atoms with E-state index in [1.807, 2.05) is 13.0 Å². The van der Waals surface area contributed by atoms with Crippen molar-refractivity contribution in [2.45, 2.75) is 55.8 Å². The Hall–Kier alpha value is -2.65. The van der Waals surface area contributed by atoms with E-state index in [1.165, 1.54) is 0 Å². The first-order valence-corrected chi connectivity index (χ1v) is 10.8. The minimum Gasteiger partial charge on any atom is -0.460 e. The summed E-state index contributed by atoms with van der Waals surface area (Å²) in [4.78, 5) is 13.3. The van der Waals surface area contributed by atoms with Crippen molar-refractivity contribution >= 4 is 15.8 Å². The van der Waals surface area contributed by atoms with Gasteiger partial charge >= 0.3 is 5.97 Å². The summed E-state index contributed by atoms with van der Waals surface area (Å²) < 4.78 is 31.0. The summed E-state index contributed by atoms with van der Waals surface area (Å²) in [5, 5.41) is 9.19. The van der Waals surface area contributed by atoms with Crippen LogP contribution in [0.2, 0.25) is 0 Å². The van der Waals surface area contributed by atoms with Crippen molar-refractivity contribution in [1.29, 1.82) is 5.26 Å². The predicted octanol–water partition coefficient (Wildman–Crippen LogP) is 4.01. The van der Waals surface area contributed by atoms with Gasteiger partial charge in [-0.3, -0.25) is 4.79 Å². The van der Waals surface area contributed by atoms with E-state index in [-0.39, 0.29) is 24.3 Å². The summed E-state index contributed by atoms with van der Waals surface area (Å²) >= 11 is 0. The Labute approximate surface area is 165 Å². The SMILES string of the molecule is Cc1ccc(C)c(S(=O)(=O)C2(C(=O)OCc3ccccc3C#N)CCCC2)c1. The van der Waals surface area contributed by atoms with E-state index in [0.717, 1.165) is 5.56 Å². The largest absolute Gasteiger partial charge is 0.460 e. The minimum atomic E-state index is -3.91. The molecule has 3 rings (SSSR count). The molecular formula is C22H23NO4S. The van der Waals surface area contributed by atoms with Gasteiger partial charge in [-0.15, -0.1) is 0 Å². The van der Waals surface area contributed by atoms with E-state index in [9.17, 15) is 18.5 Å². The highest BCUT2D eigenvalue weighted by Crippen LogP contribution is 2.42. The first-order valence-electron chi connectivity index (χ1n) is 9.29. The van der Waals surface area contributed by atoms with E-state index < -0.39 is 20.6 Å². The summed E-state index contributed by atoms with van der Waals surface area (Å²) in [6, 6.07) is 14.1. The molecule has 0 aromatic heterocycles. The number of carbonyl (C=O) groups excluding carboxylic acids is 1. The van der Waals surface area contributed by atoms with Crippen molar-refractivity contribution in [3.63, 3.8) is 0 Å². The van der Waals surface area contributed by atoms with E-state index in [4.69, 9.17) is 4.74 Å². The second-order valence-corrected chi connectivity index (χ2v) is 9.55. The third kappa shape index (κ3) is 3.43. The van der Waals surface area contributed by atoms with Crippen molar-refractivity contribution in [3.8, 4) is 6.07 Å². The highest BCUT2D eigenvalue weighted by atomic mass is 32.2. The highest BCUT2D eigenvalue weighted by Gasteiger charge is 2.54. The number of aryl methyl sites for hydroxylation is 2. The fraction of sp³-hybridized carbons (Fsp3) is 0.364. The zero-order valence-electron chi connectivity index (χ0n) is 16.1. The molecule has 0 atom stereocenters. The van der Waals surface area contributed by atoms with Crippen LogP contribution in [0.1, 0.15) is 47.9 Å². The third-order valence-electron chi connectivity index (χ3n) is 5.43. The average Bonchev–Trinajstić information content (AvgIpc) is 3.20. The lowest BCUT2D eigenvalue weighted by atomic mass is 10.1. The van der Waals surface area contributed by atoms with Crippen LogP contribution in [0.3, 0.4) is 0 Å². The summed E-state index contributed by atoms with van der Waals surface area (Å²) in [7, 11) is -3.91. The molecule has 0 aliphatic heterocycles. The quantitative estimate of drug-likeness (QED) is 0.712. The van der Waals surface area contributed by atoms with Crippen molar-refractivity contribution < 1.29 is 17.9 Å². The smallest absolute Gasteiger partial charge is 0.328 e. The molecule has 1 fully saturated rings. The molecule has 0 saturated heterocycles. The number of esters is 1. The van der Waals surface area contributed by atoms with Gasteiger partial charge in [-0.25, -0.2) is 8.42 Å². The molecule has 0 radical (unpaired) electrons. The predicted molar refractivity (Wildman–Crippen MR) is 105 cm³/mol. The monoisotopic (exact) mass is 397 g/mol. The lowest BCUT2D eigenvalue weighted by molar-refractivity contribution is -0.148. The molecule has 0 unspecified atom stereocenters. The topological polar surface area (TPSA) is 84.2 Å². The highest BCUT2D eigenvalue weighted by molar-refractivity contribution is 7.93. The summed E-state index contributed by atoms with van der Waals surface area (Å²) in [6.45, 7) is 3.45. The van der Waals surface area contributed by atoms with Crippen molar-refractivity contribution in [2.75, 3.05) is 0 Å².